The van der Waals surface area contributed by atoms with Crippen molar-refractivity contribution in [3.63, 3.8) is 0 Å². The topological polar surface area (TPSA) is 111 Å². The Labute approximate surface area is 110 Å². The summed E-state index contributed by atoms with van der Waals surface area (Å²) in [5.74, 6) is -0.138. The average Bonchev–Trinajstić information content (AvgIpc) is 2.34. The van der Waals surface area contributed by atoms with Crippen LogP contribution in [0.15, 0.2) is 0 Å². The van der Waals surface area contributed by atoms with Crippen molar-refractivity contribution in [2.24, 2.45) is 5.73 Å². The van der Waals surface area contributed by atoms with Gasteiger partial charge in [0.1, 0.15) is 6.04 Å². The van der Waals surface area contributed by atoms with Crippen LogP contribution in [-0.4, -0.2) is 49.1 Å². The number of hydrogen-bond donors (Lipinski definition) is 3. The maximum absolute atomic E-state index is 11.2. The fraction of sp³-hybridized carbons (Fsp3) is 0.700. The van der Waals surface area contributed by atoms with E-state index < -0.39 is 18.0 Å². The van der Waals surface area contributed by atoms with E-state index in [1.54, 1.807) is 6.92 Å². The maximum atomic E-state index is 11.2. The number of amides is 3. The Balaban J connectivity index is 3.64. The standard InChI is InChI=1S/C10H19N3O4S/c1-3-17-9(15)7(11)4-5-18-6-8(14)13-10(16)12-2/h7H,3-6,11H2,1-2H3,(H2,12,13,14,16). The van der Waals surface area contributed by atoms with Crippen molar-refractivity contribution < 1.29 is 19.1 Å². The molecule has 0 aromatic carbocycles. The molecule has 0 aromatic rings. The Bertz CT molecular complexity index is 299. The number of nitrogens with two attached hydrogens (primary N) is 1. The first kappa shape index (κ1) is 16.7. The minimum Gasteiger partial charge on any atom is -0.465 e. The third kappa shape index (κ3) is 7.91. The Morgan fingerprint density at radius 1 is 1.39 bits per heavy atom. The zero-order valence-corrected chi connectivity index (χ0v) is 11.3. The number of nitrogens with one attached hydrogen (secondary N) is 2. The molecule has 0 spiro atoms. The smallest absolute Gasteiger partial charge is 0.322 e. The number of urea groups is 1. The summed E-state index contributed by atoms with van der Waals surface area (Å²) >= 11 is 1.30. The normalized spacial score (nSPS) is 11.5. The van der Waals surface area contributed by atoms with Crippen LogP contribution < -0.4 is 16.4 Å². The van der Waals surface area contributed by atoms with E-state index in [1.807, 2.05) is 0 Å². The molecule has 0 fully saturated rings. The maximum Gasteiger partial charge on any atom is 0.322 e. The molecule has 3 amide bonds. The Morgan fingerprint density at radius 2 is 2.06 bits per heavy atom. The number of carbonyl (C=O) groups excluding carboxylic acids is 3. The predicted octanol–water partition coefficient (Wildman–Crippen LogP) is -0.544. The molecule has 0 radical (unpaired) electrons. The molecular formula is C10H19N3O4S. The minimum atomic E-state index is -0.667. The summed E-state index contributed by atoms with van der Waals surface area (Å²) in [7, 11) is 1.42. The molecule has 0 aliphatic carbocycles. The van der Waals surface area contributed by atoms with Gasteiger partial charge in [-0.2, -0.15) is 11.8 Å². The first-order valence-electron chi connectivity index (χ1n) is 5.52. The molecule has 0 saturated carbocycles. The third-order valence-corrected chi connectivity index (χ3v) is 2.87. The molecule has 8 heteroatoms. The van der Waals surface area contributed by atoms with Crippen LogP contribution in [0.5, 0.6) is 0 Å². The van der Waals surface area contributed by atoms with Gasteiger partial charge >= 0.3 is 12.0 Å². The lowest BCUT2D eigenvalue weighted by molar-refractivity contribution is -0.144. The van der Waals surface area contributed by atoms with E-state index >= 15 is 0 Å². The van der Waals surface area contributed by atoms with Crippen LogP contribution in [0.2, 0.25) is 0 Å². The number of ether oxygens (including phenoxy) is 1. The van der Waals surface area contributed by atoms with E-state index in [0.717, 1.165) is 0 Å². The van der Waals surface area contributed by atoms with E-state index in [0.29, 0.717) is 18.8 Å². The Morgan fingerprint density at radius 3 is 2.61 bits per heavy atom. The molecular weight excluding hydrogens is 258 g/mol. The molecule has 0 saturated heterocycles. The zero-order valence-electron chi connectivity index (χ0n) is 10.5. The van der Waals surface area contributed by atoms with Gasteiger partial charge in [-0.1, -0.05) is 0 Å². The highest BCUT2D eigenvalue weighted by atomic mass is 32.2. The minimum absolute atomic E-state index is 0.142. The molecule has 18 heavy (non-hydrogen) atoms. The molecule has 0 aliphatic heterocycles. The van der Waals surface area contributed by atoms with E-state index in [1.165, 1.54) is 18.8 Å². The van der Waals surface area contributed by atoms with Gasteiger partial charge in [0.25, 0.3) is 0 Å². The highest BCUT2D eigenvalue weighted by Gasteiger charge is 2.14. The number of rotatable bonds is 7. The van der Waals surface area contributed by atoms with Gasteiger partial charge in [-0.15, -0.1) is 0 Å². The summed E-state index contributed by atoms with van der Waals surface area (Å²) in [6.07, 6.45) is 0.427. The van der Waals surface area contributed by atoms with Gasteiger partial charge in [0.2, 0.25) is 5.91 Å². The van der Waals surface area contributed by atoms with E-state index in [-0.39, 0.29) is 11.7 Å². The lowest BCUT2D eigenvalue weighted by Crippen LogP contribution is -2.38. The van der Waals surface area contributed by atoms with Crippen LogP contribution in [-0.2, 0) is 14.3 Å². The molecule has 7 nitrogen and oxygen atoms in total. The van der Waals surface area contributed by atoms with Gasteiger partial charge in [0, 0.05) is 7.05 Å². The van der Waals surface area contributed by atoms with Crippen LogP contribution in [0, 0.1) is 0 Å². The summed E-state index contributed by atoms with van der Waals surface area (Å²) in [6.45, 7) is 2.01. The number of esters is 1. The van der Waals surface area contributed by atoms with Crippen molar-refractivity contribution in [2.75, 3.05) is 25.2 Å². The second-order valence-electron chi connectivity index (χ2n) is 3.33. The van der Waals surface area contributed by atoms with Crippen molar-refractivity contribution in [2.45, 2.75) is 19.4 Å². The van der Waals surface area contributed by atoms with Crippen LogP contribution in [0.4, 0.5) is 4.79 Å². The summed E-state index contributed by atoms with van der Waals surface area (Å²) in [5.41, 5.74) is 5.57. The van der Waals surface area contributed by atoms with Gasteiger partial charge in [-0.05, 0) is 19.1 Å². The van der Waals surface area contributed by atoms with Gasteiger partial charge in [-0.25, -0.2) is 4.79 Å². The fourth-order valence-corrected chi connectivity index (χ4v) is 1.79. The molecule has 0 rings (SSSR count). The van der Waals surface area contributed by atoms with E-state index in [9.17, 15) is 14.4 Å². The Hall–Kier alpha value is -1.28. The van der Waals surface area contributed by atoms with E-state index in [2.05, 4.69) is 10.6 Å². The summed E-state index contributed by atoms with van der Waals surface area (Å²) in [5, 5.41) is 4.40. The average molecular weight is 277 g/mol. The van der Waals surface area contributed by atoms with Crippen LogP contribution in [0.1, 0.15) is 13.3 Å². The number of carbonyl (C=O) groups is 3. The molecule has 1 atom stereocenters. The zero-order chi connectivity index (χ0) is 14.0. The molecule has 0 bridgehead atoms. The number of hydrogen-bond acceptors (Lipinski definition) is 6. The number of imide groups is 1. The second kappa shape index (κ2) is 9.72. The van der Waals surface area contributed by atoms with Crippen LogP contribution >= 0.6 is 11.8 Å². The summed E-state index contributed by atoms with van der Waals surface area (Å²) in [6, 6.07) is -1.21. The van der Waals surface area contributed by atoms with Gasteiger partial charge in [0.15, 0.2) is 0 Å². The van der Waals surface area contributed by atoms with E-state index in [4.69, 9.17) is 10.5 Å². The quantitative estimate of drug-likeness (QED) is 0.425. The molecule has 0 aliphatic rings. The fourth-order valence-electron chi connectivity index (χ4n) is 0.968. The second-order valence-corrected chi connectivity index (χ2v) is 4.43. The van der Waals surface area contributed by atoms with Crippen molar-refractivity contribution in [1.82, 2.24) is 10.6 Å². The Kier molecular flexibility index (Phi) is 9.03. The van der Waals surface area contributed by atoms with Crippen molar-refractivity contribution in [3.05, 3.63) is 0 Å². The lowest BCUT2D eigenvalue weighted by atomic mass is 10.2. The largest absolute Gasteiger partial charge is 0.465 e. The van der Waals surface area contributed by atoms with Crippen molar-refractivity contribution >= 4 is 29.7 Å². The monoisotopic (exact) mass is 277 g/mol. The molecule has 4 N–H and O–H groups in total. The first-order valence-corrected chi connectivity index (χ1v) is 6.68. The summed E-state index contributed by atoms with van der Waals surface area (Å²) < 4.78 is 4.74. The van der Waals surface area contributed by atoms with Crippen LogP contribution in [0.3, 0.4) is 0 Å². The highest BCUT2D eigenvalue weighted by Crippen LogP contribution is 2.04. The third-order valence-electron chi connectivity index (χ3n) is 1.88. The van der Waals surface area contributed by atoms with Gasteiger partial charge in [-0.3, -0.25) is 14.9 Å². The van der Waals surface area contributed by atoms with Crippen LogP contribution in [0.25, 0.3) is 0 Å². The molecule has 104 valence electrons. The predicted molar refractivity (Wildman–Crippen MR) is 69.1 cm³/mol. The molecule has 0 aromatic heterocycles. The van der Waals surface area contributed by atoms with Crippen molar-refractivity contribution in [3.8, 4) is 0 Å². The van der Waals surface area contributed by atoms with Gasteiger partial charge in [0.05, 0.1) is 12.4 Å². The SMILES string of the molecule is CCOC(=O)C(N)CCSCC(=O)NC(=O)NC. The van der Waals surface area contributed by atoms with Gasteiger partial charge < -0.3 is 15.8 Å². The van der Waals surface area contributed by atoms with Crippen molar-refractivity contribution in [1.29, 1.82) is 0 Å². The lowest BCUT2D eigenvalue weighted by Gasteiger charge is -2.09. The summed E-state index contributed by atoms with van der Waals surface area (Å²) in [4.78, 5) is 33.1. The first-order chi connectivity index (χ1) is 8.51. The molecule has 1 unspecified atom stereocenters. The number of thioether (sulfide) groups is 1. The highest BCUT2D eigenvalue weighted by molar-refractivity contribution is 7.99. The molecule has 0 heterocycles.